The van der Waals surface area contributed by atoms with Crippen LogP contribution in [0.25, 0.3) is 0 Å². The van der Waals surface area contributed by atoms with Crippen molar-refractivity contribution < 1.29 is 18.4 Å². The standard InChI is InChI=1S/C22H25ClFN3O3/c1-14-19(22(29)26-9-3-2-4-10-26)25-20(30-14)15-7-11-27(12-8-15)21(28)16-5-6-18(24)17(23)13-16/h5-6,13,15H,2-4,7-12H2,1H3. The summed E-state index contributed by atoms with van der Waals surface area (Å²) in [5.41, 5.74) is 0.785. The van der Waals surface area contributed by atoms with Crippen molar-refractivity contribution in [3.8, 4) is 0 Å². The molecule has 2 aliphatic heterocycles. The zero-order valence-corrected chi connectivity index (χ0v) is 17.8. The summed E-state index contributed by atoms with van der Waals surface area (Å²) >= 11 is 5.80. The number of halogens is 2. The number of benzene rings is 1. The molecule has 2 saturated heterocycles. The Morgan fingerprint density at radius 2 is 1.73 bits per heavy atom. The van der Waals surface area contributed by atoms with Crippen LogP contribution in [-0.4, -0.2) is 52.8 Å². The first-order valence-corrected chi connectivity index (χ1v) is 10.8. The number of piperidine rings is 2. The van der Waals surface area contributed by atoms with Gasteiger partial charge in [0.1, 0.15) is 11.6 Å². The molecule has 1 aromatic carbocycles. The molecule has 160 valence electrons. The molecule has 0 N–H and O–H groups in total. The molecule has 2 amide bonds. The van der Waals surface area contributed by atoms with Crippen LogP contribution in [0.1, 0.15) is 70.5 Å². The molecular weight excluding hydrogens is 409 g/mol. The fourth-order valence-electron chi connectivity index (χ4n) is 4.18. The number of oxazole rings is 1. The summed E-state index contributed by atoms with van der Waals surface area (Å²) < 4.78 is 19.2. The molecule has 0 bridgehead atoms. The third kappa shape index (κ3) is 4.21. The largest absolute Gasteiger partial charge is 0.445 e. The minimum Gasteiger partial charge on any atom is -0.445 e. The Labute approximate surface area is 180 Å². The van der Waals surface area contributed by atoms with E-state index >= 15 is 0 Å². The van der Waals surface area contributed by atoms with Gasteiger partial charge < -0.3 is 14.2 Å². The third-order valence-electron chi connectivity index (χ3n) is 5.96. The van der Waals surface area contributed by atoms with Gasteiger partial charge in [-0.2, -0.15) is 0 Å². The van der Waals surface area contributed by atoms with Crippen molar-refractivity contribution in [3.63, 3.8) is 0 Å². The molecule has 0 spiro atoms. The van der Waals surface area contributed by atoms with Crippen LogP contribution in [0, 0.1) is 12.7 Å². The van der Waals surface area contributed by atoms with Gasteiger partial charge in [-0.1, -0.05) is 11.6 Å². The van der Waals surface area contributed by atoms with Gasteiger partial charge in [0.05, 0.1) is 5.02 Å². The van der Waals surface area contributed by atoms with E-state index in [4.69, 9.17) is 16.0 Å². The van der Waals surface area contributed by atoms with E-state index in [1.807, 2.05) is 4.90 Å². The van der Waals surface area contributed by atoms with E-state index in [1.165, 1.54) is 18.2 Å². The van der Waals surface area contributed by atoms with Gasteiger partial charge in [0, 0.05) is 37.7 Å². The van der Waals surface area contributed by atoms with Gasteiger partial charge in [0.15, 0.2) is 11.6 Å². The highest BCUT2D eigenvalue weighted by Crippen LogP contribution is 2.30. The van der Waals surface area contributed by atoms with Crippen molar-refractivity contribution in [1.82, 2.24) is 14.8 Å². The second-order valence-electron chi connectivity index (χ2n) is 8.01. The number of amides is 2. The third-order valence-corrected chi connectivity index (χ3v) is 6.25. The molecule has 0 unspecified atom stereocenters. The Balaban J connectivity index is 1.40. The number of carbonyl (C=O) groups excluding carboxylic acids is 2. The summed E-state index contributed by atoms with van der Waals surface area (Å²) in [5, 5.41) is -0.0584. The van der Waals surface area contributed by atoms with Gasteiger partial charge in [-0.25, -0.2) is 9.37 Å². The molecule has 2 aliphatic rings. The second-order valence-corrected chi connectivity index (χ2v) is 8.41. The van der Waals surface area contributed by atoms with Crippen LogP contribution in [0.5, 0.6) is 0 Å². The van der Waals surface area contributed by atoms with Gasteiger partial charge in [-0.15, -0.1) is 0 Å². The monoisotopic (exact) mass is 433 g/mol. The Kier molecular flexibility index (Phi) is 6.09. The number of rotatable bonds is 3. The second kappa shape index (κ2) is 8.76. The molecule has 0 atom stereocenters. The van der Waals surface area contributed by atoms with Gasteiger partial charge in [0.25, 0.3) is 11.8 Å². The van der Waals surface area contributed by atoms with Crippen LogP contribution < -0.4 is 0 Å². The average molecular weight is 434 g/mol. The van der Waals surface area contributed by atoms with Crippen LogP contribution >= 0.6 is 11.6 Å². The van der Waals surface area contributed by atoms with Crippen LogP contribution in [0.2, 0.25) is 5.02 Å². The van der Waals surface area contributed by atoms with Crippen molar-refractivity contribution in [1.29, 1.82) is 0 Å². The minimum atomic E-state index is -0.541. The van der Waals surface area contributed by atoms with E-state index in [0.29, 0.717) is 48.8 Å². The van der Waals surface area contributed by atoms with Gasteiger partial charge in [-0.05, 0) is 57.2 Å². The maximum atomic E-state index is 13.4. The zero-order valence-electron chi connectivity index (χ0n) is 17.0. The first-order chi connectivity index (χ1) is 14.4. The Morgan fingerprint density at radius 3 is 2.40 bits per heavy atom. The van der Waals surface area contributed by atoms with Crippen LogP contribution in [0.4, 0.5) is 4.39 Å². The fraction of sp³-hybridized carbons (Fsp3) is 0.500. The van der Waals surface area contributed by atoms with E-state index < -0.39 is 5.82 Å². The highest BCUT2D eigenvalue weighted by atomic mass is 35.5. The Bertz CT molecular complexity index is 947. The van der Waals surface area contributed by atoms with Gasteiger partial charge in [0.2, 0.25) is 0 Å². The van der Waals surface area contributed by atoms with E-state index in [2.05, 4.69) is 4.98 Å². The summed E-state index contributed by atoms with van der Waals surface area (Å²) in [5.74, 6) is 0.432. The first-order valence-electron chi connectivity index (χ1n) is 10.4. The van der Waals surface area contributed by atoms with Crippen molar-refractivity contribution in [3.05, 3.63) is 51.9 Å². The van der Waals surface area contributed by atoms with E-state index in [1.54, 1.807) is 11.8 Å². The smallest absolute Gasteiger partial charge is 0.276 e. The van der Waals surface area contributed by atoms with Crippen molar-refractivity contribution in [2.24, 2.45) is 0 Å². The predicted molar refractivity (Wildman–Crippen MR) is 110 cm³/mol. The lowest BCUT2D eigenvalue weighted by molar-refractivity contribution is 0.0704. The van der Waals surface area contributed by atoms with Crippen LogP contribution in [-0.2, 0) is 0 Å². The lowest BCUT2D eigenvalue weighted by Gasteiger charge is -2.30. The quantitative estimate of drug-likeness (QED) is 0.718. The number of likely N-dealkylation sites (tertiary alicyclic amines) is 2. The lowest BCUT2D eigenvalue weighted by atomic mass is 9.96. The van der Waals surface area contributed by atoms with Crippen molar-refractivity contribution in [2.45, 2.75) is 44.9 Å². The maximum absolute atomic E-state index is 13.4. The van der Waals surface area contributed by atoms with Crippen molar-refractivity contribution in [2.75, 3.05) is 26.2 Å². The summed E-state index contributed by atoms with van der Waals surface area (Å²) in [6.45, 7) is 4.40. The number of hydrogen-bond acceptors (Lipinski definition) is 4. The summed E-state index contributed by atoms with van der Waals surface area (Å²) in [4.78, 5) is 33.6. The SMILES string of the molecule is Cc1oc(C2CCN(C(=O)c3ccc(F)c(Cl)c3)CC2)nc1C(=O)N1CCCCC1. The molecular formula is C22H25ClFN3O3. The van der Waals surface area contributed by atoms with E-state index in [-0.39, 0.29) is 22.8 Å². The van der Waals surface area contributed by atoms with Crippen LogP contribution in [0.3, 0.4) is 0 Å². The number of carbonyl (C=O) groups is 2. The van der Waals surface area contributed by atoms with Crippen LogP contribution in [0.15, 0.2) is 22.6 Å². The molecule has 2 aromatic rings. The first kappa shape index (κ1) is 20.8. The number of hydrogen-bond donors (Lipinski definition) is 0. The summed E-state index contributed by atoms with van der Waals surface area (Å²) in [7, 11) is 0. The molecule has 2 fully saturated rings. The zero-order chi connectivity index (χ0) is 21.3. The molecule has 8 heteroatoms. The fourth-order valence-corrected chi connectivity index (χ4v) is 4.36. The molecule has 1 aromatic heterocycles. The Hall–Kier alpha value is -2.41. The average Bonchev–Trinajstić information content (AvgIpc) is 3.17. The maximum Gasteiger partial charge on any atom is 0.276 e. The highest BCUT2D eigenvalue weighted by Gasteiger charge is 2.30. The molecule has 0 radical (unpaired) electrons. The summed E-state index contributed by atoms with van der Waals surface area (Å²) in [6.07, 6.45) is 4.60. The highest BCUT2D eigenvalue weighted by molar-refractivity contribution is 6.31. The molecule has 3 heterocycles. The predicted octanol–water partition coefficient (Wildman–Crippen LogP) is 4.42. The molecule has 30 heavy (non-hydrogen) atoms. The lowest BCUT2D eigenvalue weighted by Crippen LogP contribution is -2.38. The van der Waals surface area contributed by atoms with Gasteiger partial charge in [-0.3, -0.25) is 9.59 Å². The van der Waals surface area contributed by atoms with Gasteiger partial charge >= 0.3 is 0 Å². The van der Waals surface area contributed by atoms with Crippen molar-refractivity contribution >= 4 is 23.4 Å². The molecule has 4 rings (SSSR count). The minimum absolute atomic E-state index is 0.0528. The topological polar surface area (TPSA) is 66.7 Å². The number of nitrogens with zero attached hydrogens (tertiary/aromatic N) is 3. The normalized spacial score (nSPS) is 18.0. The number of aromatic nitrogens is 1. The molecule has 6 nitrogen and oxygen atoms in total. The summed E-state index contributed by atoms with van der Waals surface area (Å²) in [6, 6.07) is 4.02. The Morgan fingerprint density at radius 1 is 1.07 bits per heavy atom. The van der Waals surface area contributed by atoms with E-state index in [9.17, 15) is 14.0 Å². The molecule has 0 saturated carbocycles. The molecule has 0 aliphatic carbocycles. The number of aryl methyl sites for hydroxylation is 1. The van der Waals surface area contributed by atoms with E-state index in [0.717, 1.165) is 32.4 Å².